The Morgan fingerprint density at radius 2 is 1.71 bits per heavy atom. The summed E-state index contributed by atoms with van der Waals surface area (Å²) < 4.78 is 12.2. The van der Waals surface area contributed by atoms with Crippen LogP contribution in [-0.2, 0) is 6.54 Å². The molecule has 2 aromatic carbocycles. The number of hydrogen-bond acceptors (Lipinski definition) is 5. The van der Waals surface area contributed by atoms with Gasteiger partial charge in [-0.2, -0.15) is 5.10 Å². The molecular weight excluding hydrogens is 396 g/mol. The van der Waals surface area contributed by atoms with Crippen LogP contribution in [0.2, 0.25) is 0 Å². The molecule has 0 unspecified atom stereocenters. The number of benzene rings is 2. The monoisotopic (exact) mass is 416 g/mol. The van der Waals surface area contributed by atoms with Gasteiger partial charge in [0.15, 0.2) is 5.76 Å². The quantitative estimate of drug-likeness (QED) is 0.470. The van der Waals surface area contributed by atoms with Crippen molar-refractivity contribution in [1.82, 2.24) is 20.6 Å². The zero-order valence-electron chi connectivity index (χ0n) is 16.7. The molecule has 0 saturated heterocycles. The molecule has 0 bridgehead atoms. The Hall–Kier alpha value is -4.33. The molecule has 4 aromatic rings. The summed E-state index contributed by atoms with van der Waals surface area (Å²) in [7, 11) is 1.56. The van der Waals surface area contributed by atoms with E-state index in [1.54, 1.807) is 30.1 Å². The van der Waals surface area contributed by atoms with Crippen molar-refractivity contribution >= 4 is 11.8 Å². The summed E-state index contributed by atoms with van der Waals surface area (Å²) in [6, 6.07) is 20.2. The third-order valence-electron chi connectivity index (χ3n) is 4.59. The predicted octanol–water partition coefficient (Wildman–Crippen LogP) is 3.27. The maximum atomic E-state index is 12.9. The number of hydrogen-bond donors (Lipinski definition) is 2. The summed E-state index contributed by atoms with van der Waals surface area (Å²) in [5, 5.41) is 4.63. The Morgan fingerprint density at radius 3 is 2.45 bits per heavy atom. The van der Waals surface area contributed by atoms with Gasteiger partial charge in [-0.15, -0.1) is 0 Å². The number of hydrazine groups is 1. The third-order valence-corrected chi connectivity index (χ3v) is 4.59. The number of furan rings is 1. The maximum absolute atomic E-state index is 12.9. The Morgan fingerprint density at radius 1 is 0.968 bits per heavy atom. The van der Waals surface area contributed by atoms with E-state index in [0.717, 1.165) is 5.56 Å². The molecule has 2 N–H and O–H groups in total. The number of aromatic nitrogens is 2. The first-order valence-corrected chi connectivity index (χ1v) is 9.54. The van der Waals surface area contributed by atoms with E-state index < -0.39 is 11.8 Å². The van der Waals surface area contributed by atoms with Crippen LogP contribution in [0.25, 0.3) is 11.3 Å². The molecule has 4 rings (SSSR count). The molecule has 156 valence electrons. The number of ether oxygens (including phenoxy) is 1. The van der Waals surface area contributed by atoms with Crippen LogP contribution in [0.4, 0.5) is 0 Å². The first-order valence-electron chi connectivity index (χ1n) is 9.54. The third kappa shape index (κ3) is 4.48. The SMILES string of the molecule is COc1ccccc1-c1nn(Cc2ccccc2)cc1C(=O)NNC(=O)c1ccco1. The number of carbonyl (C=O) groups is 2. The van der Waals surface area contributed by atoms with Crippen molar-refractivity contribution < 1.29 is 18.7 Å². The Balaban J connectivity index is 1.64. The molecule has 31 heavy (non-hydrogen) atoms. The zero-order chi connectivity index (χ0) is 21.6. The van der Waals surface area contributed by atoms with Gasteiger partial charge in [0.25, 0.3) is 5.91 Å². The van der Waals surface area contributed by atoms with Gasteiger partial charge in [-0.3, -0.25) is 25.1 Å². The van der Waals surface area contributed by atoms with Gasteiger partial charge in [-0.25, -0.2) is 0 Å². The van der Waals surface area contributed by atoms with Crippen molar-refractivity contribution in [2.45, 2.75) is 6.54 Å². The maximum Gasteiger partial charge on any atom is 0.305 e. The summed E-state index contributed by atoms with van der Waals surface area (Å²) >= 11 is 0. The van der Waals surface area contributed by atoms with Crippen molar-refractivity contribution in [3.63, 3.8) is 0 Å². The minimum Gasteiger partial charge on any atom is -0.496 e. The number of nitrogens with one attached hydrogen (secondary N) is 2. The van der Waals surface area contributed by atoms with E-state index in [1.165, 1.54) is 12.3 Å². The van der Waals surface area contributed by atoms with Gasteiger partial charge < -0.3 is 9.15 Å². The summed E-state index contributed by atoms with van der Waals surface area (Å²) in [6.07, 6.45) is 3.02. The molecule has 0 radical (unpaired) electrons. The number of carbonyl (C=O) groups excluding carboxylic acids is 2. The first kappa shape index (κ1) is 20.0. The van der Waals surface area contributed by atoms with E-state index in [4.69, 9.17) is 9.15 Å². The highest BCUT2D eigenvalue weighted by Gasteiger charge is 2.21. The van der Waals surface area contributed by atoms with Gasteiger partial charge in [0.05, 0.1) is 25.5 Å². The molecule has 2 heterocycles. The smallest absolute Gasteiger partial charge is 0.305 e. The van der Waals surface area contributed by atoms with Crippen molar-refractivity contribution in [1.29, 1.82) is 0 Å². The van der Waals surface area contributed by atoms with Crippen LogP contribution in [0.15, 0.2) is 83.6 Å². The second kappa shape index (κ2) is 9.00. The van der Waals surface area contributed by atoms with Crippen LogP contribution in [0.3, 0.4) is 0 Å². The average Bonchev–Trinajstić information content (AvgIpc) is 3.48. The molecule has 0 saturated carbocycles. The summed E-state index contributed by atoms with van der Waals surface area (Å²) in [5.74, 6) is -0.403. The van der Waals surface area contributed by atoms with Gasteiger partial charge in [0.2, 0.25) is 0 Å². The molecule has 2 aromatic heterocycles. The summed E-state index contributed by atoms with van der Waals surface area (Å²) in [5.41, 5.74) is 7.21. The van der Waals surface area contributed by atoms with Crippen LogP contribution in [0.1, 0.15) is 26.5 Å². The van der Waals surface area contributed by atoms with E-state index in [-0.39, 0.29) is 5.76 Å². The van der Waals surface area contributed by atoms with Crippen molar-refractivity contribution in [2.24, 2.45) is 0 Å². The van der Waals surface area contributed by atoms with Crippen molar-refractivity contribution in [3.8, 4) is 17.0 Å². The van der Waals surface area contributed by atoms with Crippen LogP contribution in [0, 0.1) is 0 Å². The minimum absolute atomic E-state index is 0.0880. The zero-order valence-corrected chi connectivity index (χ0v) is 16.7. The standard InChI is InChI=1S/C23H20N4O4/c1-30-19-11-6-5-10-17(19)21-18(15-27(26-21)14-16-8-3-2-4-9-16)22(28)24-25-23(29)20-12-7-13-31-20/h2-13,15H,14H2,1H3,(H,24,28)(H,25,29). The fraction of sp³-hybridized carbons (Fsp3) is 0.0870. The number of para-hydroxylation sites is 1. The molecule has 0 aliphatic carbocycles. The first-order chi connectivity index (χ1) is 15.2. The second-order valence-corrected chi connectivity index (χ2v) is 6.66. The fourth-order valence-electron chi connectivity index (χ4n) is 3.13. The van der Waals surface area contributed by atoms with Gasteiger partial charge in [0.1, 0.15) is 11.4 Å². The van der Waals surface area contributed by atoms with E-state index in [2.05, 4.69) is 16.0 Å². The van der Waals surface area contributed by atoms with E-state index in [9.17, 15) is 9.59 Å². The second-order valence-electron chi connectivity index (χ2n) is 6.66. The molecular formula is C23H20N4O4. The van der Waals surface area contributed by atoms with E-state index in [0.29, 0.717) is 29.1 Å². The minimum atomic E-state index is -0.561. The highest BCUT2D eigenvalue weighted by atomic mass is 16.5. The van der Waals surface area contributed by atoms with Crippen LogP contribution in [-0.4, -0.2) is 28.7 Å². The van der Waals surface area contributed by atoms with Gasteiger partial charge >= 0.3 is 5.91 Å². The molecule has 0 fully saturated rings. The number of methoxy groups -OCH3 is 1. The Kier molecular flexibility index (Phi) is 5.79. The van der Waals surface area contributed by atoms with Gasteiger partial charge in [0, 0.05) is 11.8 Å². The molecule has 8 heteroatoms. The number of nitrogens with zero attached hydrogens (tertiary/aromatic N) is 2. The lowest BCUT2D eigenvalue weighted by molar-refractivity contribution is 0.0831. The number of amides is 2. The topological polar surface area (TPSA) is 98.4 Å². The molecule has 0 atom stereocenters. The normalized spacial score (nSPS) is 10.5. The predicted molar refractivity (Wildman–Crippen MR) is 113 cm³/mol. The lowest BCUT2D eigenvalue weighted by atomic mass is 10.1. The van der Waals surface area contributed by atoms with Crippen molar-refractivity contribution in [2.75, 3.05) is 7.11 Å². The lowest BCUT2D eigenvalue weighted by Gasteiger charge is -2.09. The van der Waals surface area contributed by atoms with Gasteiger partial charge in [-0.05, 0) is 29.8 Å². The fourth-order valence-corrected chi connectivity index (χ4v) is 3.13. The Labute approximate surface area is 178 Å². The average molecular weight is 416 g/mol. The molecule has 0 spiro atoms. The molecule has 0 aliphatic heterocycles. The highest BCUT2D eigenvalue weighted by Crippen LogP contribution is 2.31. The summed E-state index contributed by atoms with van der Waals surface area (Å²) in [6.45, 7) is 0.481. The van der Waals surface area contributed by atoms with E-state index >= 15 is 0 Å². The van der Waals surface area contributed by atoms with Crippen LogP contribution < -0.4 is 15.6 Å². The molecule has 8 nitrogen and oxygen atoms in total. The Bertz CT molecular complexity index is 1180. The van der Waals surface area contributed by atoms with Crippen LogP contribution >= 0.6 is 0 Å². The molecule has 2 amide bonds. The van der Waals surface area contributed by atoms with Gasteiger partial charge in [-0.1, -0.05) is 42.5 Å². The lowest BCUT2D eigenvalue weighted by Crippen LogP contribution is -2.41. The number of rotatable bonds is 6. The van der Waals surface area contributed by atoms with E-state index in [1.807, 2.05) is 48.5 Å². The highest BCUT2D eigenvalue weighted by molar-refractivity contribution is 6.02. The van der Waals surface area contributed by atoms with Crippen molar-refractivity contribution in [3.05, 3.63) is 96.1 Å². The molecule has 0 aliphatic rings. The largest absolute Gasteiger partial charge is 0.496 e. The van der Waals surface area contributed by atoms with Crippen LogP contribution in [0.5, 0.6) is 5.75 Å². The summed E-state index contributed by atoms with van der Waals surface area (Å²) in [4.78, 5) is 25.0.